The van der Waals surface area contributed by atoms with Gasteiger partial charge in [-0.1, -0.05) is 6.07 Å². The first-order valence-electron chi connectivity index (χ1n) is 9.65. The number of halogens is 2. The van der Waals surface area contributed by atoms with Crippen LogP contribution in [0.5, 0.6) is 0 Å². The van der Waals surface area contributed by atoms with Crippen LogP contribution in [0.3, 0.4) is 0 Å². The minimum Gasteiger partial charge on any atom is -0.358 e. The van der Waals surface area contributed by atoms with Gasteiger partial charge in [0, 0.05) is 0 Å². The Morgan fingerprint density at radius 2 is 1.88 bits per heavy atom. The van der Waals surface area contributed by atoms with Gasteiger partial charge >= 0.3 is 0 Å². The van der Waals surface area contributed by atoms with Crippen LogP contribution in [-0.2, 0) is 0 Å². The Bertz CT molecular complexity index is 1500. The number of hydrogen-bond donors (Lipinski definition) is 3. The zero-order valence-corrected chi connectivity index (χ0v) is 16.7. The summed E-state index contributed by atoms with van der Waals surface area (Å²) >= 11 is 0. The van der Waals surface area contributed by atoms with Gasteiger partial charge in [0.25, 0.3) is 5.56 Å². The highest BCUT2D eigenvalue weighted by Crippen LogP contribution is 2.23. The molecule has 9 nitrogen and oxygen atoms in total. The molecule has 0 fully saturated rings. The number of rotatable bonds is 5. The molecule has 0 aliphatic carbocycles. The highest BCUT2D eigenvalue weighted by molar-refractivity contribution is 5.82. The average Bonchev–Trinajstić information content (AvgIpc) is 3.27. The summed E-state index contributed by atoms with van der Waals surface area (Å²) in [6, 6.07) is 9.12. The van der Waals surface area contributed by atoms with Gasteiger partial charge in [-0.2, -0.15) is 0 Å². The zero-order chi connectivity index (χ0) is 22.2. The molecule has 0 saturated heterocycles. The predicted octanol–water partition coefficient (Wildman–Crippen LogP) is 3.39. The molecule has 1 unspecified atom stereocenters. The van der Waals surface area contributed by atoms with E-state index in [0.29, 0.717) is 22.7 Å². The third-order valence-corrected chi connectivity index (χ3v) is 4.92. The minimum absolute atomic E-state index is 0.158. The van der Waals surface area contributed by atoms with Crippen LogP contribution in [0, 0.1) is 11.6 Å². The first-order chi connectivity index (χ1) is 15.5. The van der Waals surface area contributed by atoms with Crippen molar-refractivity contribution >= 4 is 33.6 Å². The number of benzene rings is 2. The molecule has 3 N–H and O–H groups in total. The maximum absolute atomic E-state index is 14.5. The van der Waals surface area contributed by atoms with Crippen LogP contribution in [0.2, 0.25) is 0 Å². The maximum Gasteiger partial charge on any atom is 0.283 e. The van der Waals surface area contributed by atoms with Gasteiger partial charge < -0.3 is 10.3 Å². The summed E-state index contributed by atoms with van der Waals surface area (Å²) in [7, 11) is 0. The first kappa shape index (κ1) is 19.5. The summed E-state index contributed by atoms with van der Waals surface area (Å²) in [6.07, 6.45) is 2.88. The van der Waals surface area contributed by atoms with Crippen LogP contribution in [0.15, 0.2) is 59.9 Å². The van der Waals surface area contributed by atoms with E-state index in [0.717, 1.165) is 4.68 Å². The zero-order valence-electron chi connectivity index (χ0n) is 16.7. The van der Waals surface area contributed by atoms with E-state index >= 15 is 0 Å². The molecule has 160 valence electrons. The lowest BCUT2D eigenvalue weighted by atomic mass is 10.2. The predicted molar refractivity (Wildman–Crippen MR) is 115 cm³/mol. The smallest absolute Gasteiger partial charge is 0.283 e. The molecular weight excluding hydrogens is 418 g/mol. The number of imidazole rings is 1. The van der Waals surface area contributed by atoms with Gasteiger partial charge in [0.2, 0.25) is 0 Å². The topological polar surface area (TPSA) is 113 Å². The fourth-order valence-corrected chi connectivity index (χ4v) is 3.40. The molecule has 5 rings (SSSR count). The number of nitrogens with zero attached hydrogens (tertiary/aromatic N) is 5. The van der Waals surface area contributed by atoms with E-state index in [4.69, 9.17) is 0 Å². The van der Waals surface area contributed by atoms with E-state index in [-0.39, 0.29) is 16.7 Å². The van der Waals surface area contributed by atoms with E-state index in [1.807, 2.05) is 0 Å². The standard InChI is InChI=1S/C21H16F2N8O/c1-11(28-19-17-18(25-9-24-17)26-10-27-19)20-29-15-4-2-3-14(23)16(15)21(32)31(20)30-13-7-5-12(22)6-8-13/h2-11,30H,1H3,(H2,24,25,26,27,28). The highest BCUT2D eigenvalue weighted by atomic mass is 19.1. The molecule has 32 heavy (non-hydrogen) atoms. The van der Waals surface area contributed by atoms with Crippen molar-refractivity contribution in [3.8, 4) is 0 Å². The van der Waals surface area contributed by atoms with E-state index in [1.165, 1.54) is 49.1 Å². The van der Waals surface area contributed by atoms with E-state index in [9.17, 15) is 13.6 Å². The second kappa shape index (κ2) is 7.69. The van der Waals surface area contributed by atoms with Crippen molar-refractivity contribution in [1.82, 2.24) is 29.6 Å². The second-order valence-corrected chi connectivity index (χ2v) is 7.05. The van der Waals surface area contributed by atoms with E-state index < -0.39 is 23.2 Å². The molecule has 5 aromatic rings. The Balaban J connectivity index is 1.64. The van der Waals surface area contributed by atoms with Crippen LogP contribution in [0.1, 0.15) is 18.8 Å². The number of anilines is 2. The molecule has 3 aromatic heterocycles. The summed E-state index contributed by atoms with van der Waals surface area (Å²) in [5.74, 6) is -0.408. The van der Waals surface area contributed by atoms with Gasteiger partial charge in [0.15, 0.2) is 17.3 Å². The van der Waals surface area contributed by atoms with Gasteiger partial charge in [0.1, 0.15) is 28.9 Å². The van der Waals surface area contributed by atoms with Crippen molar-refractivity contribution in [2.75, 3.05) is 10.7 Å². The quantitative estimate of drug-likeness (QED) is 0.389. The molecule has 0 bridgehead atoms. The largest absolute Gasteiger partial charge is 0.358 e. The summed E-state index contributed by atoms with van der Waals surface area (Å²) in [5, 5.41) is 3.02. The van der Waals surface area contributed by atoms with Crippen molar-refractivity contribution in [1.29, 1.82) is 0 Å². The highest BCUT2D eigenvalue weighted by Gasteiger charge is 2.20. The summed E-state index contributed by atoms with van der Waals surface area (Å²) in [6.45, 7) is 1.77. The molecule has 0 radical (unpaired) electrons. The van der Waals surface area contributed by atoms with Crippen LogP contribution >= 0.6 is 0 Å². The monoisotopic (exact) mass is 434 g/mol. The van der Waals surface area contributed by atoms with Gasteiger partial charge in [-0.05, 0) is 43.3 Å². The van der Waals surface area contributed by atoms with E-state index in [2.05, 4.69) is 35.7 Å². The van der Waals surface area contributed by atoms with Gasteiger partial charge in [-0.25, -0.2) is 33.4 Å². The van der Waals surface area contributed by atoms with Crippen molar-refractivity contribution in [3.05, 3.63) is 82.9 Å². The number of fused-ring (bicyclic) bond motifs is 2. The lowest BCUT2D eigenvalue weighted by Crippen LogP contribution is -2.33. The molecule has 2 aromatic carbocycles. The van der Waals surface area contributed by atoms with E-state index in [1.54, 1.807) is 13.0 Å². The molecule has 0 spiro atoms. The first-order valence-corrected chi connectivity index (χ1v) is 9.65. The SMILES string of the molecule is CC(Nc1ncnc2[nH]cnc12)c1nc2cccc(F)c2c(=O)n1Nc1ccc(F)cc1. The Morgan fingerprint density at radius 1 is 1.06 bits per heavy atom. The van der Waals surface area contributed by atoms with Crippen LogP contribution in [-0.4, -0.2) is 29.6 Å². The number of aromatic nitrogens is 6. The number of hydrogen-bond acceptors (Lipinski definition) is 7. The number of nitrogens with one attached hydrogen (secondary N) is 3. The molecule has 0 aliphatic rings. The Kier molecular flexibility index (Phi) is 4.70. The van der Waals surface area contributed by atoms with Crippen molar-refractivity contribution in [2.45, 2.75) is 13.0 Å². The maximum atomic E-state index is 14.5. The molecule has 0 aliphatic heterocycles. The fourth-order valence-electron chi connectivity index (χ4n) is 3.40. The summed E-state index contributed by atoms with van der Waals surface area (Å²) in [5.41, 5.74) is 3.97. The third kappa shape index (κ3) is 3.39. The molecule has 11 heteroatoms. The molecule has 0 saturated carbocycles. The number of aromatic amines is 1. The Morgan fingerprint density at radius 3 is 2.69 bits per heavy atom. The van der Waals surface area contributed by atoms with Crippen molar-refractivity contribution in [3.63, 3.8) is 0 Å². The van der Waals surface area contributed by atoms with Crippen LogP contribution in [0.25, 0.3) is 22.1 Å². The Labute approximate surface area is 179 Å². The summed E-state index contributed by atoms with van der Waals surface area (Å²) < 4.78 is 28.9. The summed E-state index contributed by atoms with van der Waals surface area (Å²) in [4.78, 5) is 33.2. The van der Waals surface area contributed by atoms with Gasteiger partial charge in [-0.3, -0.25) is 10.2 Å². The van der Waals surface area contributed by atoms with Gasteiger partial charge in [0.05, 0.1) is 23.6 Å². The average molecular weight is 434 g/mol. The molecular formula is C21H16F2N8O. The molecule has 1 atom stereocenters. The number of H-pyrrole nitrogens is 1. The third-order valence-electron chi connectivity index (χ3n) is 4.92. The Hall–Kier alpha value is -4.41. The van der Waals surface area contributed by atoms with Crippen molar-refractivity contribution < 1.29 is 8.78 Å². The van der Waals surface area contributed by atoms with Gasteiger partial charge in [-0.15, -0.1) is 0 Å². The second-order valence-electron chi connectivity index (χ2n) is 7.05. The van der Waals surface area contributed by atoms with Crippen LogP contribution < -0.4 is 16.3 Å². The minimum atomic E-state index is -0.684. The lowest BCUT2D eigenvalue weighted by molar-refractivity contribution is 0.627. The molecule has 0 amide bonds. The van der Waals surface area contributed by atoms with Crippen LogP contribution in [0.4, 0.5) is 20.3 Å². The fraction of sp³-hybridized carbons (Fsp3) is 0.0952. The lowest BCUT2D eigenvalue weighted by Gasteiger charge is -2.21. The normalized spacial score (nSPS) is 12.2. The molecule has 3 heterocycles. The van der Waals surface area contributed by atoms with Crippen molar-refractivity contribution in [2.24, 2.45) is 0 Å².